The highest BCUT2D eigenvalue weighted by atomic mass is 15.0. The lowest BCUT2D eigenvalue weighted by Gasteiger charge is -2.19. The summed E-state index contributed by atoms with van der Waals surface area (Å²) in [5.74, 6) is 0. The summed E-state index contributed by atoms with van der Waals surface area (Å²) in [6, 6.07) is 47.4. The molecule has 8 aromatic rings. The van der Waals surface area contributed by atoms with Crippen LogP contribution < -0.4 is 0 Å². The van der Waals surface area contributed by atoms with Crippen molar-refractivity contribution in [1.29, 1.82) is 0 Å². The molecule has 0 bridgehead atoms. The first-order chi connectivity index (χ1) is 22.2. The predicted molar refractivity (Wildman–Crippen MR) is 193 cm³/mol. The maximum atomic E-state index is 2.45. The molecule has 0 spiro atoms. The summed E-state index contributed by atoms with van der Waals surface area (Å²) in [6.07, 6.45) is 6.85. The third-order valence-electron chi connectivity index (χ3n) is 9.94. The molecule has 1 nitrogen and oxygen atoms in total. The highest BCUT2D eigenvalue weighted by Gasteiger charge is 2.18. The second kappa shape index (κ2) is 10.1. The van der Waals surface area contributed by atoms with Gasteiger partial charge in [-0.2, -0.15) is 0 Å². The van der Waals surface area contributed by atoms with Crippen molar-refractivity contribution in [3.63, 3.8) is 0 Å². The number of nitrogens with zero attached hydrogens (tertiary/aromatic N) is 1. The summed E-state index contributed by atoms with van der Waals surface area (Å²) in [7, 11) is 0. The number of fused-ring (bicyclic) bond motifs is 9. The second-order valence-electron chi connectivity index (χ2n) is 12.5. The van der Waals surface area contributed by atoms with Gasteiger partial charge < -0.3 is 4.57 Å². The minimum atomic E-state index is 1.09. The Hall–Kier alpha value is -5.40. The molecule has 1 aliphatic carbocycles. The fourth-order valence-electron chi connectivity index (χ4n) is 7.70. The number of benzene rings is 7. The van der Waals surface area contributed by atoms with E-state index in [1.165, 1.54) is 93.5 Å². The maximum Gasteiger partial charge on any atom is 0.0541 e. The first-order valence-corrected chi connectivity index (χ1v) is 16.0. The zero-order valence-corrected chi connectivity index (χ0v) is 25.6. The molecule has 9 rings (SSSR count). The van der Waals surface area contributed by atoms with Crippen molar-refractivity contribution in [3.8, 4) is 27.9 Å². The fraction of sp³-hybridized carbons (Fsp3) is 0.0909. The lowest BCUT2D eigenvalue weighted by molar-refractivity contribution is 1.00. The molecule has 1 heteroatoms. The van der Waals surface area contributed by atoms with E-state index in [4.69, 9.17) is 0 Å². The monoisotopic (exact) mass is 575 g/mol. The largest absolute Gasteiger partial charge is 0.309 e. The van der Waals surface area contributed by atoms with Crippen LogP contribution in [0.5, 0.6) is 0 Å². The number of aromatic nitrogens is 1. The van der Waals surface area contributed by atoms with E-state index in [2.05, 4.69) is 158 Å². The highest BCUT2D eigenvalue weighted by Crippen LogP contribution is 2.40. The van der Waals surface area contributed by atoms with Gasteiger partial charge >= 0.3 is 0 Å². The Balaban J connectivity index is 1.26. The molecule has 1 aromatic heterocycles. The van der Waals surface area contributed by atoms with E-state index in [9.17, 15) is 0 Å². The third kappa shape index (κ3) is 4.01. The summed E-state index contributed by atoms with van der Waals surface area (Å²) in [6.45, 7) is 4.41. The van der Waals surface area contributed by atoms with E-state index >= 15 is 0 Å². The summed E-state index contributed by atoms with van der Waals surface area (Å²) in [5, 5.41) is 7.95. The SMILES string of the molecule is Cc1ccccc1-c1cc(-c2ccc3c(c2)c2ccccc2n3-c2ccc3c4c(c5ccccc5c3c2)C=CCC4)ccc1C. The summed E-state index contributed by atoms with van der Waals surface area (Å²) in [4.78, 5) is 0. The van der Waals surface area contributed by atoms with Crippen LogP contribution in [0.2, 0.25) is 0 Å². The van der Waals surface area contributed by atoms with Gasteiger partial charge in [0.1, 0.15) is 0 Å². The predicted octanol–water partition coefficient (Wildman–Crippen LogP) is 12.0. The minimum Gasteiger partial charge on any atom is -0.309 e. The number of rotatable bonds is 3. The van der Waals surface area contributed by atoms with Crippen molar-refractivity contribution >= 4 is 49.4 Å². The van der Waals surface area contributed by atoms with Crippen LogP contribution in [-0.2, 0) is 6.42 Å². The smallest absolute Gasteiger partial charge is 0.0541 e. The van der Waals surface area contributed by atoms with E-state index in [1.807, 2.05) is 0 Å². The van der Waals surface area contributed by atoms with Gasteiger partial charge in [0, 0.05) is 16.5 Å². The number of hydrogen-bond acceptors (Lipinski definition) is 0. The van der Waals surface area contributed by atoms with Crippen molar-refractivity contribution in [2.45, 2.75) is 26.7 Å². The summed E-state index contributed by atoms with van der Waals surface area (Å²) in [5.41, 5.74) is 14.2. The number of aryl methyl sites for hydroxylation is 3. The van der Waals surface area contributed by atoms with Crippen LogP contribution >= 0.6 is 0 Å². The number of allylic oxidation sites excluding steroid dienone is 1. The first kappa shape index (κ1) is 26.0. The maximum absolute atomic E-state index is 2.45. The molecule has 0 atom stereocenters. The molecule has 0 aliphatic heterocycles. The topological polar surface area (TPSA) is 4.93 Å². The van der Waals surface area contributed by atoms with E-state index in [-0.39, 0.29) is 0 Å². The molecule has 0 fully saturated rings. The quantitative estimate of drug-likeness (QED) is 0.185. The van der Waals surface area contributed by atoms with Gasteiger partial charge in [-0.15, -0.1) is 0 Å². The fourth-order valence-corrected chi connectivity index (χ4v) is 7.70. The van der Waals surface area contributed by atoms with E-state index in [0.29, 0.717) is 0 Å². The van der Waals surface area contributed by atoms with Crippen LogP contribution in [0, 0.1) is 13.8 Å². The van der Waals surface area contributed by atoms with E-state index < -0.39 is 0 Å². The minimum absolute atomic E-state index is 1.09. The number of para-hydroxylation sites is 1. The zero-order chi connectivity index (χ0) is 30.1. The van der Waals surface area contributed by atoms with Gasteiger partial charge in [-0.1, -0.05) is 103 Å². The molecular formula is C44H33N. The van der Waals surface area contributed by atoms with Crippen LogP contribution in [0.4, 0.5) is 0 Å². The molecule has 0 saturated carbocycles. The molecule has 0 radical (unpaired) electrons. The molecule has 1 aliphatic rings. The molecule has 214 valence electrons. The first-order valence-electron chi connectivity index (χ1n) is 16.0. The van der Waals surface area contributed by atoms with Crippen LogP contribution in [0.25, 0.3) is 77.4 Å². The van der Waals surface area contributed by atoms with Crippen LogP contribution in [0.15, 0.2) is 133 Å². The van der Waals surface area contributed by atoms with Crippen molar-refractivity contribution in [3.05, 3.63) is 156 Å². The van der Waals surface area contributed by atoms with E-state index in [0.717, 1.165) is 12.8 Å². The normalized spacial score (nSPS) is 12.8. The van der Waals surface area contributed by atoms with Gasteiger partial charge in [0.15, 0.2) is 0 Å². The Morgan fingerprint density at radius 3 is 2.09 bits per heavy atom. The van der Waals surface area contributed by atoms with Crippen LogP contribution in [0.3, 0.4) is 0 Å². The van der Waals surface area contributed by atoms with Gasteiger partial charge in [-0.05, 0) is 129 Å². The van der Waals surface area contributed by atoms with Crippen molar-refractivity contribution < 1.29 is 0 Å². The lowest BCUT2D eigenvalue weighted by Crippen LogP contribution is -1.99. The van der Waals surface area contributed by atoms with Crippen LogP contribution in [0.1, 0.15) is 28.7 Å². The van der Waals surface area contributed by atoms with Crippen molar-refractivity contribution in [2.24, 2.45) is 0 Å². The third-order valence-corrected chi connectivity index (χ3v) is 9.94. The molecular weight excluding hydrogens is 542 g/mol. The molecule has 45 heavy (non-hydrogen) atoms. The average molecular weight is 576 g/mol. The lowest BCUT2D eigenvalue weighted by atomic mass is 9.86. The van der Waals surface area contributed by atoms with Crippen molar-refractivity contribution in [1.82, 2.24) is 4.57 Å². The summed E-state index contributed by atoms with van der Waals surface area (Å²) < 4.78 is 2.45. The van der Waals surface area contributed by atoms with Gasteiger partial charge in [0.25, 0.3) is 0 Å². The summed E-state index contributed by atoms with van der Waals surface area (Å²) >= 11 is 0. The molecule has 0 amide bonds. The Morgan fingerprint density at radius 2 is 1.20 bits per heavy atom. The Kier molecular flexibility index (Phi) is 5.83. The van der Waals surface area contributed by atoms with Gasteiger partial charge in [-0.3, -0.25) is 0 Å². The second-order valence-corrected chi connectivity index (χ2v) is 12.5. The molecule has 0 unspecified atom stereocenters. The Morgan fingerprint density at radius 1 is 0.489 bits per heavy atom. The zero-order valence-electron chi connectivity index (χ0n) is 25.6. The van der Waals surface area contributed by atoms with E-state index in [1.54, 1.807) is 0 Å². The highest BCUT2D eigenvalue weighted by molar-refractivity contribution is 6.15. The van der Waals surface area contributed by atoms with Gasteiger partial charge in [0.05, 0.1) is 11.0 Å². The van der Waals surface area contributed by atoms with Gasteiger partial charge in [-0.25, -0.2) is 0 Å². The standard InChI is InChI=1S/C44H33N/c1-28-11-3-4-12-33(28)40-25-30(20-19-29(40)2)31-21-24-44-42(26-31)39-17-9-10-18-43(39)45(44)32-22-23-38-36-15-6-5-13-34(36)35-14-7-8-16-37(35)41(38)27-32/h3-5,7-14,16-27H,6,15H2,1-2H3. The van der Waals surface area contributed by atoms with Gasteiger partial charge in [0.2, 0.25) is 0 Å². The Bertz CT molecular complexity index is 2500. The molecule has 7 aromatic carbocycles. The van der Waals surface area contributed by atoms with Crippen LogP contribution in [-0.4, -0.2) is 4.57 Å². The van der Waals surface area contributed by atoms with Crippen molar-refractivity contribution in [2.75, 3.05) is 0 Å². The molecule has 0 N–H and O–H groups in total. The average Bonchev–Trinajstić information content (AvgIpc) is 3.42. The molecule has 1 heterocycles. The Labute approximate surface area is 263 Å². The molecule has 0 saturated heterocycles. The number of hydrogen-bond donors (Lipinski definition) is 0.